The van der Waals surface area contributed by atoms with Crippen LogP contribution in [0.5, 0.6) is 11.5 Å². The summed E-state index contributed by atoms with van der Waals surface area (Å²) in [7, 11) is 0. The molecule has 0 saturated carbocycles. The average Bonchev–Trinajstić information content (AvgIpc) is 3.16. The van der Waals surface area contributed by atoms with Crippen molar-refractivity contribution in [2.24, 2.45) is 0 Å². The number of pyridine rings is 1. The fourth-order valence-electron chi connectivity index (χ4n) is 2.76. The van der Waals surface area contributed by atoms with Crippen molar-refractivity contribution in [2.75, 3.05) is 6.79 Å². The first-order chi connectivity index (χ1) is 12.1. The Hall–Kier alpha value is -1.83. The van der Waals surface area contributed by atoms with Crippen LogP contribution in [0.25, 0.3) is 0 Å². The molecular formula is C17H13ClN2O3S2. The SMILES string of the molecule is O=C1[C@@H](Cc2cc3c(cc2Cl)OCO3)SC(=S)N1Cc1cccnc1. The number of thiocarbonyl (C=S) groups is 1. The zero-order valence-corrected chi connectivity index (χ0v) is 15.4. The molecule has 1 saturated heterocycles. The first-order valence-corrected chi connectivity index (χ1v) is 9.27. The van der Waals surface area contributed by atoms with Crippen molar-refractivity contribution < 1.29 is 14.3 Å². The lowest BCUT2D eigenvalue weighted by Gasteiger charge is -2.15. The zero-order valence-electron chi connectivity index (χ0n) is 13.0. The number of halogens is 1. The molecule has 128 valence electrons. The van der Waals surface area contributed by atoms with Crippen LogP contribution in [0.3, 0.4) is 0 Å². The number of nitrogens with zero attached hydrogens (tertiary/aromatic N) is 2. The number of carbonyl (C=O) groups excluding carboxylic acids is 1. The van der Waals surface area contributed by atoms with Gasteiger partial charge >= 0.3 is 0 Å². The van der Waals surface area contributed by atoms with Gasteiger partial charge in [0.1, 0.15) is 4.32 Å². The number of hydrogen-bond acceptors (Lipinski definition) is 6. The third kappa shape index (κ3) is 3.31. The molecule has 4 rings (SSSR count). The van der Waals surface area contributed by atoms with Crippen LogP contribution in [0.1, 0.15) is 11.1 Å². The fraction of sp³-hybridized carbons (Fsp3) is 0.235. The molecule has 1 amide bonds. The van der Waals surface area contributed by atoms with Gasteiger partial charge in [0, 0.05) is 23.5 Å². The van der Waals surface area contributed by atoms with Crippen molar-refractivity contribution in [3.05, 3.63) is 52.8 Å². The molecule has 8 heteroatoms. The van der Waals surface area contributed by atoms with Gasteiger partial charge in [-0.25, -0.2) is 0 Å². The maximum atomic E-state index is 12.8. The van der Waals surface area contributed by atoms with Gasteiger partial charge in [-0.1, -0.05) is 41.6 Å². The number of rotatable bonds is 4. The van der Waals surface area contributed by atoms with Crippen molar-refractivity contribution in [1.82, 2.24) is 9.88 Å². The van der Waals surface area contributed by atoms with E-state index in [-0.39, 0.29) is 18.0 Å². The zero-order chi connectivity index (χ0) is 17.4. The maximum absolute atomic E-state index is 12.8. The minimum absolute atomic E-state index is 0.00686. The Morgan fingerprint density at radius 2 is 2.16 bits per heavy atom. The molecule has 5 nitrogen and oxygen atoms in total. The standard InChI is InChI=1S/C17H13ClN2O3S2/c18-12-6-14-13(22-9-23-14)4-11(12)5-15-16(21)20(17(24)25-15)8-10-2-1-3-19-7-10/h1-4,6-7,15H,5,8-9H2/t15-/m1/s1. The molecule has 0 bridgehead atoms. The summed E-state index contributed by atoms with van der Waals surface area (Å²) in [5.74, 6) is 1.28. The van der Waals surface area contributed by atoms with Crippen LogP contribution in [-0.4, -0.2) is 32.2 Å². The maximum Gasteiger partial charge on any atom is 0.242 e. The summed E-state index contributed by atoms with van der Waals surface area (Å²) in [6, 6.07) is 7.34. The molecule has 1 aromatic heterocycles. The van der Waals surface area contributed by atoms with E-state index in [9.17, 15) is 4.79 Å². The van der Waals surface area contributed by atoms with E-state index in [2.05, 4.69) is 4.98 Å². The van der Waals surface area contributed by atoms with Gasteiger partial charge < -0.3 is 9.47 Å². The molecule has 3 heterocycles. The van der Waals surface area contributed by atoms with Crippen LogP contribution in [-0.2, 0) is 17.8 Å². The second-order valence-corrected chi connectivity index (χ2v) is 7.90. The van der Waals surface area contributed by atoms with Gasteiger partial charge in [0.2, 0.25) is 12.7 Å². The largest absolute Gasteiger partial charge is 0.454 e. The Morgan fingerprint density at radius 3 is 2.92 bits per heavy atom. The van der Waals surface area contributed by atoms with Crippen molar-refractivity contribution in [3.63, 3.8) is 0 Å². The predicted octanol–water partition coefficient (Wildman–Crippen LogP) is 3.44. The summed E-state index contributed by atoms with van der Waals surface area (Å²) in [4.78, 5) is 18.5. The smallest absolute Gasteiger partial charge is 0.242 e. The van der Waals surface area contributed by atoms with Crippen LogP contribution in [0.15, 0.2) is 36.7 Å². The van der Waals surface area contributed by atoms with Crippen molar-refractivity contribution in [2.45, 2.75) is 18.2 Å². The number of ether oxygens (including phenoxy) is 2. The Kier molecular flexibility index (Phi) is 4.54. The minimum atomic E-state index is -0.290. The van der Waals surface area contributed by atoms with Crippen LogP contribution in [0.2, 0.25) is 5.02 Å². The molecule has 2 aliphatic heterocycles. The fourth-order valence-corrected chi connectivity index (χ4v) is 4.51. The van der Waals surface area contributed by atoms with Gasteiger partial charge in [0.15, 0.2) is 11.5 Å². The van der Waals surface area contributed by atoms with Crippen molar-refractivity contribution >= 4 is 45.8 Å². The second kappa shape index (κ2) is 6.82. The highest BCUT2D eigenvalue weighted by molar-refractivity contribution is 8.24. The normalized spacial score (nSPS) is 18.9. The van der Waals surface area contributed by atoms with Crippen LogP contribution >= 0.6 is 35.6 Å². The van der Waals surface area contributed by atoms with Gasteiger partial charge in [-0.05, 0) is 29.7 Å². The summed E-state index contributed by atoms with van der Waals surface area (Å²) in [6.07, 6.45) is 3.93. The van der Waals surface area contributed by atoms with E-state index in [1.165, 1.54) is 11.8 Å². The van der Waals surface area contributed by atoms with Gasteiger partial charge in [0.05, 0.1) is 11.8 Å². The first-order valence-electron chi connectivity index (χ1n) is 7.61. The van der Waals surface area contributed by atoms with Crippen LogP contribution < -0.4 is 9.47 Å². The molecule has 0 N–H and O–H groups in total. The van der Waals surface area contributed by atoms with Gasteiger partial charge in [-0.3, -0.25) is 14.7 Å². The number of benzene rings is 1. The first kappa shape index (κ1) is 16.6. The van der Waals surface area contributed by atoms with E-state index >= 15 is 0 Å². The number of amides is 1. The minimum Gasteiger partial charge on any atom is -0.454 e. The molecule has 1 aromatic carbocycles. The Labute approximate surface area is 159 Å². The number of fused-ring (bicyclic) bond motifs is 1. The highest BCUT2D eigenvalue weighted by atomic mass is 35.5. The Morgan fingerprint density at radius 1 is 1.36 bits per heavy atom. The van der Waals surface area contributed by atoms with E-state index in [1.807, 2.05) is 18.2 Å². The molecule has 0 unspecified atom stereocenters. The molecule has 0 radical (unpaired) electrons. The topological polar surface area (TPSA) is 51.7 Å². The number of aromatic nitrogens is 1. The summed E-state index contributed by atoms with van der Waals surface area (Å²) in [5.41, 5.74) is 1.79. The summed E-state index contributed by atoms with van der Waals surface area (Å²) >= 11 is 13.1. The van der Waals surface area contributed by atoms with E-state index in [4.69, 9.17) is 33.3 Å². The average molecular weight is 393 g/mol. The van der Waals surface area contributed by atoms with Gasteiger partial charge in [0.25, 0.3) is 0 Å². The Balaban J connectivity index is 1.51. The summed E-state index contributed by atoms with van der Waals surface area (Å²) in [6.45, 7) is 0.624. The van der Waals surface area contributed by atoms with Gasteiger partial charge in [-0.15, -0.1) is 0 Å². The molecule has 2 aromatic rings. The highest BCUT2D eigenvalue weighted by Crippen LogP contribution is 2.39. The quantitative estimate of drug-likeness (QED) is 0.743. The summed E-state index contributed by atoms with van der Waals surface area (Å²) < 4.78 is 11.3. The Bertz CT molecular complexity index is 847. The highest BCUT2D eigenvalue weighted by Gasteiger charge is 2.37. The molecule has 0 spiro atoms. The van der Waals surface area contributed by atoms with Crippen LogP contribution in [0.4, 0.5) is 0 Å². The van der Waals surface area contributed by atoms with Crippen LogP contribution in [0, 0.1) is 0 Å². The van der Waals surface area contributed by atoms with E-state index in [0.717, 1.165) is 11.1 Å². The second-order valence-electron chi connectivity index (χ2n) is 5.66. The third-order valence-corrected chi connectivity index (χ3v) is 5.95. The monoisotopic (exact) mass is 392 g/mol. The molecule has 0 aliphatic carbocycles. The van der Waals surface area contributed by atoms with Crippen molar-refractivity contribution in [3.8, 4) is 11.5 Å². The lowest BCUT2D eigenvalue weighted by Crippen LogP contribution is -2.31. The lowest BCUT2D eigenvalue weighted by molar-refractivity contribution is -0.126. The van der Waals surface area contributed by atoms with Gasteiger partial charge in [-0.2, -0.15) is 0 Å². The third-order valence-electron chi connectivity index (χ3n) is 4.02. The number of carbonyl (C=O) groups is 1. The molecule has 25 heavy (non-hydrogen) atoms. The summed E-state index contributed by atoms with van der Waals surface area (Å²) in [5, 5.41) is 0.274. The molecule has 1 atom stereocenters. The number of hydrogen-bond donors (Lipinski definition) is 0. The van der Waals surface area contributed by atoms with E-state index < -0.39 is 0 Å². The molecule has 2 aliphatic rings. The number of thioether (sulfide) groups is 1. The van der Waals surface area contributed by atoms with E-state index in [0.29, 0.717) is 33.8 Å². The molecular weight excluding hydrogens is 380 g/mol. The molecule has 1 fully saturated rings. The predicted molar refractivity (Wildman–Crippen MR) is 100 cm³/mol. The van der Waals surface area contributed by atoms with Crippen molar-refractivity contribution in [1.29, 1.82) is 0 Å². The lowest BCUT2D eigenvalue weighted by atomic mass is 10.1. The van der Waals surface area contributed by atoms with E-state index in [1.54, 1.807) is 23.4 Å².